The molecule has 2 saturated heterocycles. The summed E-state index contributed by atoms with van der Waals surface area (Å²) in [5, 5.41) is 29.6. The number of hydrogen-bond acceptors (Lipinski definition) is 7. The van der Waals surface area contributed by atoms with Gasteiger partial charge in [-0.2, -0.15) is 20.3 Å². The minimum Gasteiger partial charge on any atom is -0.390 e. The average molecular weight is 470 g/mol. The average Bonchev–Trinajstić information content (AvgIpc) is 3.16. The molecule has 180 valence electrons. The molecule has 2 aromatic heterocycles. The molecule has 3 aliphatic carbocycles. The van der Waals surface area contributed by atoms with E-state index in [4.69, 9.17) is 9.97 Å². The SMILES string of the molecule is CNc1nc(N2CC3(C(C)(C)O)CC2C3)cc(-n2ncc3ccc(C4(C#N)CC5(CC5)C4)cc32)n1. The Balaban J connectivity index is 1.28. The number of nitriles is 1. The van der Waals surface area contributed by atoms with Crippen LogP contribution in [0.3, 0.4) is 0 Å². The number of benzene rings is 1. The largest absolute Gasteiger partial charge is 0.390 e. The third kappa shape index (κ3) is 2.85. The van der Waals surface area contributed by atoms with Crippen LogP contribution in [0, 0.1) is 22.2 Å². The van der Waals surface area contributed by atoms with Gasteiger partial charge in [-0.3, -0.25) is 0 Å². The number of aliphatic hydroxyl groups is 1. The van der Waals surface area contributed by atoms with Gasteiger partial charge in [-0.1, -0.05) is 12.1 Å². The van der Waals surface area contributed by atoms with Crippen LogP contribution in [0.1, 0.15) is 57.9 Å². The third-order valence-corrected chi connectivity index (χ3v) is 9.55. The minimum absolute atomic E-state index is 0.0802. The van der Waals surface area contributed by atoms with Crippen molar-refractivity contribution in [3.8, 4) is 11.9 Å². The van der Waals surface area contributed by atoms with Crippen molar-refractivity contribution in [1.29, 1.82) is 5.26 Å². The molecule has 0 radical (unpaired) electrons. The molecular formula is C27H31N7O. The van der Waals surface area contributed by atoms with Crippen molar-refractivity contribution < 1.29 is 5.11 Å². The lowest BCUT2D eigenvalue weighted by molar-refractivity contribution is -0.0754. The molecule has 8 heteroatoms. The highest BCUT2D eigenvalue weighted by atomic mass is 16.3. The van der Waals surface area contributed by atoms with Crippen molar-refractivity contribution in [2.45, 2.75) is 69.4 Å². The summed E-state index contributed by atoms with van der Waals surface area (Å²) >= 11 is 0. The number of fused-ring (bicyclic) bond motifs is 2. The van der Waals surface area contributed by atoms with Crippen molar-refractivity contribution in [1.82, 2.24) is 19.7 Å². The highest BCUT2D eigenvalue weighted by Crippen LogP contribution is 2.68. The van der Waals surface area contributed by atoms with Crippen LogP contribution in [0.5, 0.6) is 0 Å². The maximum absolute atomic E-state index is 10.8. The highest BCUT2D eigenvalue weighted by Gasteiger charge is 2.63. The first-order chi connectivity index (χ1) is 16.7. The monoisotopic (exact) mass is 469 g/mol. The molecule has 4 heterocycles. The van der Waals surface area contributed by atoms with Crippen molar-refractivity contribution >= 4 is 22.7 Å². The fourth-order valence-corrected chi connectivity index (χ4v) is 7.00. The van der Waals surface area contributed by atoms with E-state index in [9.17, 15) is 10.4 Å². The van der Waals surface area contributed by atoms with Crippen LogP contribution >= 0.6 is 0 Å². The number of nitrogens with one attached hydrogen (secondary N) is 1. The predicted octanol–water partition coefficient (Wildman–Crippen LogP) is 3.93. The Hall–Kier alpha value is -3.18. The third-order valence-electron chi connectivity index (χ3n) is 9.55. The van der Waals surface area contributed by atoms with Gasteiger partial charge < -0.3 is 15.3 Å². The van der Waals surface area contributed by atoms with Crippen molar-refractivity contribution in [3.63, 3.8) is 0 Å². The van der Waals surface area contributed by atoms with Crippen molar-refractivity contribution in [2.75, 3.05) is 23.8 Å². The summed E-state index contributed by atoms with van der Waals surface area (Å²) in [7, 11) is 1.82. The van der Waals surface area contributed by atoms with Gasteiger partial charge in [0.1, 0.15) is 5.82 Å². The quantitative estimate of drug-likeness (QED) is 0.583. The lowest BCUT2D eigenvalue weighted by atomic mass is 9.57. The Morgan fingerprint density at radius 2 is 1.89 bits per heavy atom. The second-order valence-corrected chi connectivity index (χ2v) is 12.1. The number of rotatable bonds is 5. The Labute approximate surface area is 205 Å². The first-order valence-electron chi connectivity index (χ1n) is 12.6. The van der Waals surface area contributed by atoms with Crippen LogP contribution in [-0.4, -0.2) is 50.1 Å². The van der Waals surface area contributed by atoms with Crippen LogP contribution in [-0.2, 0) is 5.41 Å². The second-order valence-electron chi connectivity index (χ2n) is 12.1. The molecule has 8 nitrogen and oxygen atoms in total. The van der Waals surface area contributed by atoms with Gasteiger partial charge in [-0.25, -0.2) is 4.68 Å². The molecule has 1 spiro atoms. The van der Waals surface area contributed by atoms with Crippen LogP contribution in [0.15, 0.2) is 30.5 Å². The van der Waals surface area contributed by atoms with E-state index in [1.54, 1.807) is 0 Å². The fraction of sp³-hybridized carbons (Fsp3) is 0.556. The molecule has 5 fully saturated rings. The summed E-state index contributed by atoms with van der Waals surface area (Å²) in [5.74, 6) is 2.10. The molecule has 2 bridgehead atoms. The molecule has 1 aromatic carbocycles. The number of hydrogen-bond donors (Lipinski definition) is 2. The molecule has 8 rings (SSSR count). The van der Waals surface area contributed by atoms with Gasteiger partial charge in [0.05, 0.1) is 28.8 Å². The van der Waals surface area contributed by atoms with E-state index in [0.29, 0.717) is 23.2 Å². The molecule has 2 N–H and O–H groups in total. The zero-order chi connectivity index (χ0) is 24.2. The molecule has 0 amide bonds. The summed E-state index contributed by atoms with van der Waals surface area (Å²) in [6.07, 6.45) is 8.29. The molecule has 3 saturated carbocycles. The maximum atomic E-state index is 10.8. The van der Waals surface area contributed by atoms with Gasteiger partial charge in [0.15, 0.2) is 5.82 Å². The summed E-state index contributed by atoms with van der Waals surface area (Å²) in [4.78, 5) is 11.8. The first kappa shape index (κ1) is 21.1. The van der Waals surface area contributed by atoms with E-state index in [2.05, 4.69) is 39.6 Å². The van der Waals surface area contributed by atoms with E-state index in [1.807, 2.05) is 37.8 Å². The molecule has 0 unspecified atom stereocenters. The highest BCUT2D eigenvalue weighted by molar-refractivity contribution is 5.81. The van der Waals surface area contributed by atoms with E-state index in [0.717, 1.165) is 54.5 Å². The topological polar surface area (TPSA) is 103 Å². The minimum atomic E-state index is -0.716. The van der Waals surface area contributed by atoms with Crippen LogP contribution < -0.4 is 10.2 Å². The maximum Gasteiger partial charge on any atom is 0.226 e. The van der Waals surface area contributed by atoms with Crippen molar-refractivity contribution in [3.05, 3.63) is 36.0 Å². The van der Waals surface area contributed by atoms with E-state index >= 15 is 0 Å². The Morgan fingerprint density at radius 3 is 2.51 bits per heavy atom. The Bertz CT molecular complexity index is 1390. The zero-order valence-corrected chi connectivity index (χ0v) is 20.5. The van der Waals surface area contributed by atoms with Gasteiger partial charge in [0.25, 0.3) is 0 Å². The lowest BCUT2D eigenvalue weighted by Gasteiger charge is -2.45. The molecule has 5 aliphatic rings. The molecule has 3 aromatic rings. The van der Waals surface area contributed by atoms with Gasteiger partial charge >= 0.3 is 0 Å². The second kappa shape index (κ2) is 6.52. The van der Waals surface area contributed by atoms with Gasteiger partial charge in [0, 0.05) is 36.5 Å². The van der Waals surface area contributed by atoms with Gasteiger partial charge in [-0.15, -0.1) is 0 Å². The number of anilines is 2. The Kier molecular flexibility index (Phi) is 3.94. The summed E-state index contributed by atoms with van der Waals surface area (Å²) < 4.78 is 1.87. The lowest BCUT2D eigenvalue weighted by Crippen LogP contribution is -2.50. The number of aromatic nitrogens is 4. The molecule has 0 atom stereocenters. The van der Waals surface area contributed by atoms with E-state index < -0.39 is 5.60 Å². The predicted molar refractivity (Wildman–Crippen MR) is 133 cm³/mol. The van der Waals surface area contributed by atoms with Gasteiger partial charge in [0.2, 0.25) is 5.95 Å². The smallest absolute Gasteiger partial charge is 0.226 e. The zero-order valence-electron chi connectivity index (χ0n) is 20.5. The standard InChI is InChI=1S/C27H31N7O/c1-24(2,35)27-10-19(11-27)33(16-27)21-9-22(32-23(29-3)31-21)34-20-8-18(5-4-17(20)12-30-34)26(15-28)13-25(14-26)6-7-25/h4-5,8-9,12,19,35H,6-7,10-11,13-14,16H2,1-3H3,(H,29,31,32). The van der Waals surface area contributed by atoms with Crippen LogP contribution in [0.2, 0.25) is 0 Å². The van der Waals surface area contributed by atoms with E-state index in [-0.39, 0.29) is 10.8 Å². The normalized spacial score (nSPS) is 27.4. The molecule has 35 heavy (non-hydrogen) atoms. The Morgan fingerprint density at radius 1 is 1.14 bits per heavy atom. The van der Waals surface area contributed by atoms with Crippen LogP contribution in [0.4, 0.5) is 11.8 Å². The fourth-order valence-electron chi connectivity index (χ4n) is 7.00. The van der Waals surface area contributed by atoms with Gasteiger partial charge in [-0.05, 0) is 69.4 Å². The molecular weight excluding hydrogens is 438 g/mol. The number of nitrogens with zero attached hydrogens (tertiary/aromatic N) is 6. The van der Waals surface area contributed by atoms with Crippen molar-refractivity contribution in [2.24, 2.45) is 10.8 Å². The summed E-state index contributed by atoms with van der Waals surface area (Å²) in [5.41, 5.74) is 1.30. The summed E-state index contributed by atoms with van der Waals surface area (Å²) in [6.45, 7) is 4.63. The summed E-state index contributed by atoms with van der Waals surface area (Å²) in [6, 6.07) is 11.3. The van der Waals surface area contributed by atoms with E-state index in [1.165, 1.54) is 12.8 Å². The molecule has 2 aliphatic heterocycles. The first-order valence-corrected chi connectivity index (χ1v) is 12.6. The van der Waals surface area contributed by atoms with Crippen LogP contribution in [0.25, 0.3) is 16.7 Å².